The van der Waals surface area contributed by atoms with Crippen molar-refractivity contribution in [2.75, 3.05) is 76.5 Å². The first kappa shape index (κ1) is 53.0. The molecule has 1 aliphatic rings. The van der Waals surface area contributed by atoms with Crippen LogP contribution in [0.5, 0.6) is 0 Å². The number of anilines is 2. The van der Waals surface area contributed by atoms with Gasteiger partial charge in [0.2, 0.25) is 17.7 Å². The van der Waals surface area contributed by atoms with Gasteiger partial charge < -0.3 is 55.2 Å². The molecule has 6 rings (SSSR count). The van der Waals surface area contributed by atoms with Crippen molar-refractivity contribution in [3.63, 3.8) is 0 Å². The molecule has 0 aliphatic carbocycles. The number of pyridine rings is 1. The summed E-state index contributed by atoms with van der Waals surface area (Å²) in [7, 11) is 1.57. The number of rotatable bonds is 24. The molecule has 70 heavy (non-hydrogen) atoms. The van der Waals surface area contributed by atoms with Crippen LogP contribution >= 0.6 is 11.3 Å². The van der Waals surface area contributed by atoms with Crippen molar-refractivity contribution < 1.29 is 56.1 Å². The summed E-state index contributed by atoms with van der Waals surface area (Å²) in [6.45, 7) is 8.85. The molecule has 5 aromatic rings. The maximum Gasteiger partial charge on any atom is 0.405 e. The standard InChI is InChI=1S/C46H58F3N11O9S/c1-28-38(70-27-55-28)30-8-6-29(7-9-30)22-53-41(63)35-21-32(61)23-60(35)44(65)39(45(2,3)4)51-12-14-66-16-18-68-19-17-67-15-13-52-42(64)37-33(24-59(5)58-37)56-40(62)34-25-69-43(57-34)31-10-11-50-36(20-31)54-26-46(47,48)49/h6-11,20,24-25,27,32,35,39,51,61H,12-19,21-23,26H2,1-5H3,(H,50,54)(H,52,64)(H,53,63)(H,56,62)/t32-,35+,39-/m1/s1. The highest BCUT2D eigenvalue weighted by molar-refractivity contribution is 7.13. The number of nitrogens with zero attached hydrogens (tertiary/aromatic N) is 6. The van der Waals surface area contributed by atoms with Gasteiger partial charge in [-0.2, -0.15) is 18.3 Å². The van der Waals surface area contributed by atoms with Crippen molar-refractivity contribution in [1.29, 1.82) is 0 Å². The van der Waals surface area contributed by atoms with Crippen molar-refractivity contribution in [3.8, 4) is 21.9 Å². The minimum Gasteiger partial charge on any atom is -0.444 e. The lowest BCUT2D eigenvalue weighted by atomic mass is 9.85. The summed E-state index contributed by atoms with van der Waals surface area (Å²) in [5.41, 5.74) is 4.39. The van der Waals surface area contributed by atoms with Gasteiger partial charge in [0.05, 0.1) is 73.6 Å². The zero-order valence-corrected chi connectivity index (χ0v) is 40.2. The van der Waals surface area contributed by atoms with E-state index in [1.165, 1.54) is 34.1 Å². The van der Waals surface area contributed by atoms with E-state index < -0.39 is 48.1 Å². The lowest BCUT2D eigenvalue weighted by Gasteiger charge is -2.35. The number of halogens is 3. The quantitative estimate of drug-likeness (QED) is 0.0475. The van der Waals surface area contributed by atoms with Crippen LogP contribution in [-0.2, 0) is 37.4 Å². The van der Waals surface area contributed by atoms with Crippen molar-refractivity contribution in [2.24, 2.45) is 12.5 Å². The number of aliphatic hydroxyl groups excluding tert-OH is 1. The molecule has 24 heteroatoms. The number of benzene rings is 1. The number of nitrogens with one attached hydrogen (secondary N) is 5. The van der Waals surface area contributed by atoms with E-state index in [1.807, 2.05) is 57.5 Å². The van der Waals surface area contributed by atoms with Crippen LogP contribution in [0, 0.1) is 12.3 Å². The molecule has 1 saturated heterocycles. The van der Waals surface area contributed by atoms with E-state index in [4.69, 9.17) is 18.6 Å². The second-order valence-electron chi connectivity index (χ2n) is 17.4. The Morgan fingerprint density at radius 3 is 2.30 bits per heavy atom. The predicted octanol–water partition coefficient (Wildman–Crippen LogP) is 4.19. The molecule has 1 aromatic carbocycles. The first-order chi connectivity index (χ1) is 33.4. The van der Waals surface area contributed by atoms with Gasteiger partial charge >= 0.3 is 6.18 Å². The van der Waals surface area contributed by atoms with Gasteiger partial charge in [0.15, 0.2) is 11.4 Å². The van der Waals surface area contributed by atoms with E-state index in [9.17, 15) is 37.5 Å². The monoisotopic (exact) mass is 997 g/mol. The molecule has 4 amide bonds. The van der Waals surface area contributed by atoms with E-state index in [2.05, 4.69) is 46.6 Å². The molecule has 0 bridgehead atoms. The summed E-state index contributed by atoms with van der Waals surface area (Å²) in [6, 6.07) is 9.19. The molecular formula is C46H58F3N11O9S. The van der Waals surface area contributed by atoms with E-state index >= 15 is 0 Å². The van der Waals surface area contributed by atoms with Crippen molar-refractivity contribution in [1.82, 2.24) is 45.6 Å². The maximum atomic E-state index is 13.9. The summed E-state index contributed by atoms with van der Waals surface area (Å²) in [5, 5.41) is 28.4. The highest BCUT2D eigenvalue weighted by atomic mass is 32.1. The number of aryl methyl sites for hydroxylation is 2. The minimum absolute atomic E-state index is 0.0345. The van der Waals surface area contributed by atoms with Gasteiger partial charge in [-0.25, -0.2) is 15.0 Å². The molecule has 20 nitrogen and oxygen atoms in total. The lowest BCUT2D eigenvalue weighted by molar-refractivity contribution is -0.142. The van der Waals surface area contributed by atoms with Gasteiger partial charge in [-0.15, -0.1) is 11.3 Å². The number of oxazole rings is 1. The smallest absolute Gasteiger partial charge is 0.405 e. The third kappa shape index (κ3) is 15.3. The van der Waals surface area contributed by atoms with E-state index in [0.29, 0.717) is 19.8 Å². The fourth-order valence-corrected chi connectivity index (χ4v) is 8.14. The van der Waals surface area contributed by atoms with Crippen LogP contribution < -0.4 is 26.6 Å². The molecule has 6 N–H and O–H groups in total. The Hall–Kier alpha value is -6.31. The van der Waals surface area contributed by atoms with Crippen LogP contribution in [0.1, 0.15) is 59.4 Å². The van der Waals surface area contributed by atoms with Crippen molar-refractivity contribution in [3.05, 3.63) is 83.2 Å². The molecule has 0 saturated carbocycles. The van der Waals surface area contributed by atoms with Crippen molar-refractivity contribution in [2.45, 2.75) is 65.0 Å². The zero-order valence-electron chi connectivity index (χ0n) is 39.4. The van der Waals surface area contributed by atoms with Crippen LogP contribution in [0.3, 0.4) is 0 Å². The number of carbonyl (C=O) groups excluding carboxylic acids is 4. The Labute approximate surface area is 406 Å². The molecule has 5 heterocycles. The van der Waals surface area contributed by atoms with E-state index in [-0.39, 0.29) is 98.6 Å². The average molecular weight is 998 g/mol. The number of hydrogen-bond acceptors (Lipinski definition) is 16. The number of ether oxygens (including phenoxy) is 3. The van der Waals surface area contributed by atoms with Crippen molar-refractivity contribution >= 4 is 46.5 Å². The SMILES string of the molecule is Cc1ncsc1-c1ccc(CNC(=O)[C@@H]2C[C@@H](O)CN2C(=O)[C@@H](NCCOCCOCCOCCNC(=O)c2nn(C)cc2NC(=O)c2coc(-c3ccnc(NCC(F)(F)F)c3)n2)C(C)(C)C)cc1. The fraction of sp³-hybridized carbons (Fsp3) is 0.478. The van der Waals surface area contributed by atoms with Gasteiger partial charge in [0.1, 0.15) is 24.7 Å². The predicted molar refractivity (Wildman–Crippen MR) is 252 cm³/mol. The number of hydrogen-bond donors (Lipinski definition) is 6. The highest BCUT2D eigenvalue weighted by Crippen LogP contribution is 2.29. The van der Waals surface area contributed by atoms with Gasteiger partial charge in [-0.05, 0) is 35.6 Å². The summed E-state index contributed by atoms with van der Waals surface area (Å²) in [6.07, 6.45) is -1.34. The molecule has 0 spiro atoms. The van der Waals surface area contributed by atoms with Gasteiger partial charge in [0.25, 0.3) is 11.8 Å². The second-order valence-corrected chi connectivity index (χ2v) is 18.2. The number of thiazole rings is 1. The Morgan fingerprint density at radius 2 is 1.63 bits per heavy atom. The fourth-order valence-electron chi connectivity index (χ4n) is 7.33. The van der Waals surface area contributed by atoms with E-state index in [0.717, 1.165) is 28.0 Å². The molecule has 0 radical (unpaired) electrons. The largest absolute Gasteiger partial charge is 0.444 e. The first-order valence-corrected chi connectivity index (χ1v) is 23.3. The maximum absolute atomic E-state index is 13.9. The number of aromatic nitrogens is 5. The van der Waals surface area contributed by atoms with Gasteiger partial charge in [-0.1, -0.05) is 45.0 Å². The lowest BCUT2D eigenvalue weighted by Crippen LogP contribution is -2.57. The number of carbonyl (C=O) groups is 4. The molecular weight excluding hydrogens is 940 g/mol. The minimum atomic E-state index is -4.44. The zero-order chi connectivity index (χ0) is 50.4. The number of β-amino-alcohol motifs (C(OH)–C–C–N with tert-alkyl or cyclic N) is 1. The molecule has 4 aromatic heterocycles. The van der Waals surface area contributed by atoms with Crippen LogP contribution in [0.15, 0.2) is 65.0 Å². The summed E-state index contributed by atoms with van der Waals surface area (Å²) in [4.78, 5) is 68.1. The molecule has 0 unspecified atom stereocenters. The number of alkyl halides is 3. The van der Waals surface area contributed by atoms with Crippen LogP contribution in [0.25, 0.3) is 21.9 Å². The van der Waals surface area contributed by atoms with Gasteiger partial charge in [0, 0.05) is 57.6 Å². The Balaban J connectivity index is 0.834. The second kappa shape index (κ2) is 24.5. The summed E-state index contributed by atoms with van der Waals surface area (Å²) < 4.78 is 61.4. The molecule has 1 aliphatic heterocycles. The molecule has 378 valence electrons. The normalized spacial score (nSPS) is 15.5. The number of likely N-dealkylation sites (tertiary alicyclic amines) is 1. The van der Waals surface area contributed by atoms with Crippen LogP contribution in [0.4, 0.5) is 24.7 Å². The molecule has 1 fully saturated rings. The summed E-state index contributed by atoms with van der Waals surface area (Å²) in [5.74, 6) is -1.98. The van der Waals surface area contributed by atoms with Crippen LogP contribution in [0.2, 0.25) is 0 Å². The highest BCUT2D eigenvalue weighted by Gasteiger charge is 2.43. The third-order valence-corrected chi connectivity index (χ3v) is 11.8. The number of aliphatic hydroxyl groups is 1. The Kier molecular flexibility index (Phi) is 18.6. The third-order valence-electron chi connectivity index (χ3n) is 10.8. The average Bonchev–Trinajstić information content (AvgIpc) is 4.14. The van der Waals surface area contributed by atoms with E-state index in [1.54, 1.807) is 18.4 Å². The topological polar surface area (TPSA) is 249 Å². The number of amides is 4. The van der Waals surface area contributed by atoms with Crippen LogP contribution in [-0.4, -0.2) is 149 Å². The summed E-state index contributed by atoms with van der Waals surface area (Å²) >= 11 is 1.57. The first-order valence-electron chi connectivity index (χ1n) is 22.4. The van der Waals surface area contributed by atoms with Gasteiger partial charge in [-0.3, -0.25) is 23.9 Å². The Bertz CT molecular complexity index is 2530. The Morgan fingerprint density at radius 1 is 0.929 bits per heavy atom. The molecule has 3 atom stereocenters.